The zero-order valence-electron chi connectivity index (χ0n) is 15.0. The minimum absolute atomic E-state index is 0.205. The quantitative estimate of drug-likeness (QED) is 0.350. The third-order valence-electron chi connectivity index (χ3n) is 4.11. The number of nitrogens with one attached hydrogen (secondary N) is 2. The smallest absolute Gasteiger partial charge is 0.267 e. The molecule has 5 nitrogen and oxygen atoms in total. The van der Waals surface area contributed by atoms with Crippen LogP contribution in [0.5, 0.6) is 0 Å². The molecular weight excluding hydrogens is 449 g/mol. The van der Waals surface area contributed by atoms with Crippen molar-refractivity contribution in [1.29, 1.82) is 0 Å². The molecule has 4 rings (SSSR count). The van der Waals surface area contributed by atoms with Crippen LogP contribution in [0.3, 0.4) is 0 Å². The average molecular weight is 462 g/mol. The Balaban J connectivity index is 1.58. The van der Waals surface area contributed by atoms with E-state index in [0.29, 0.717) is 31.9 Å². The first-order valence-corrected chi connectivity index (χ1v) is 10.5. The maximum atomic E-state index is 12.2. The maximum absolute atomic E-state index is 12.2. The van der Waals surface area contributed by atoms with Crippen LogP contribution < -0.4 is 10.6 Å². The summed E-state index contributed by atoms with van der Waals surface area (Å²) in [5.41, 5.74) is 3.45. The second-order valence-corrected chi connectivity index (χ2v) is 8.37. The molecule has 0 spiro atoms. The molecule has 9 heteroatoms. The van der Waals surface area contributed by atoms with Gasteiger partial charge < -0.3 is 9.73 Å². The van der Waals surface area contributed by atoms with E-state index in [1.165, 1.54) is 11.3 Å². The van der Waals surface area contributed by atoms with Gasteiger partial charge in [-0.3, -0.25) is 10.1 Å². The van der Waals surface area contributed by atoms with Crippen molar-refractivity contribution in [2.45, 2.75) is 6.92 Å². The number of nitrogens with zero attached hydrogens (tertiary/aromatic N) is 1. The van der Waals surface area contributed by atoms with Gasteiger partial charge in [0.05, 0.1) is 9.90 Å². The Kier molecular flexibility index (Phi) is 5.56. The molecule has 1 amide bonds. The van der Waals surface area contributed by atoms with Gasteiger partial charge in [0.1, 0.15) is 5.52 Å². The summed E-state index contributed by atoms with van der Waals surface area (Å²) in [4.78, 5) is 17.2. The fourth-order valence-corrected chi connectivity index (χ4v) is 4.04. The van der Waals surface area contributed by atoms with Crippen LogP contribution in [0.15, 0.2) is 52.3 Å². The Morgan fingerprint density at radius 1 is 1.21 bits per heavy atom. The monoisotopic (exact) mass is 461 g/mol. The molecule has 2 aromatic heterocycles. The molecule has 0 aliphatic rings. The summed E-state index contributed by atoms with van der Waals surface area (Å²) in [6, 6.07) is 12.5. The van der Waals surface area contributed by atoms with Gasteiger partial charge in [-0.1, -0.05) is 35.3 Å². The number of rotatable bonds is 3. The first-order chi connectivity index (χ1) is 13.9. The number of oxazole rings is 1. The van der Waals surface area contributed by atoms with Crippen LogP contribution in [-0.2, 0) is 0 Å². The maximum Gasteiger partial charge on any atom is 0.267 e. The summed E-state index contributed by atoms with van der Waals surface area (Å²) >= 11 is 18.9. The molecule has 0 atom stereocenters. The van der Waals surface area contributed by atoms with E-state index in [9.17, 15) is 4.79 Å². The van der Waals surface area contributed by atoms with Crippen LogP contribution >= 0.6 is 46.8 Å². The Labute approximate surface area is 185 Å². The van der Waals surface area contributed by atoms with Crippen molar-refractivity contribution >= 4 is 74.6 Å². The predicted molar refractivity (Wildman–Crippen MR) is 122 cm³/mol. The highest BCUT2D eigenvalue weighted by Gasteiger charge is 2.14. The molecule has 2 heterocycles. The summed E-state index contributed by atoms with van der Waals surface area (Å²) in [5.74, 6) is 0.150. The van der Waals surface area contributed by atoms with Crippen molar-refractivity contribution in [2.24, 2.45) is 0 Å². The minimum Gasteiger partial charge on any atom is -0.435 e. The summed E-state index contributed by atoms with van der Waals surface area (Å²) in [6.45, 7) is 1.93. The summed E-state index contributed by atoms with van der Waals surface area (Å²) in [6.07, 6.45) is 0. The summed E-state index contributed by atoms with van der Waals surface area (Å²) < 4.78 is 5.82. The first kappa shape index (κ1) is 19.8. The number of carbonyl (C=O) groups excluding carboxylic acids is 1. The van der Waals surface area contributed by atoms with E-state index in [1.54, 1.807) is 18.2 Å². The molecule has 0 bridgehead atoms. The van der Waals surface area contributed by atoms with Crippen molar-refractivity contribution in [3.63, 3.8) is 0 Å². The van der Waals surface area contributed by atoms with Crippen LogP contribution in [0.2, 0.25) is 10.0 Å². The van der Waals surface area contributed by atoms with Gasteiger partial charge in [0.15, 0.2) is 10.7 Å². The van der Waals surface area contributed by atoms with Crippen LogP contribution in [0.4, 0.5) is 5.69 Å². The molecule has 0 fully saturated rings. The molecule has 0 unspecified atom stereocenters. The second kappa shape index (κ2) is 8.12. The van der Waals surface area contributed by atoms with E-state index < -0.39 is 0 Å². The van der Waals surface area contributed by atoms with Crippen molar-refractivity contribution in [2.75, 3.05) is 5.32 Å². The predicted octanol–water partition coefficient (Wildman–Crippen LogP) is 6.30. The number of halogens is 2. The molecule has 0 aliphatic heterocycles. The van der Waals surface area contributed by atoms with Gasteiger partial charge in [0.25, 0.3) is 5.91 Å². The third kappa shape index (κ3) is 4.28. The molecule has 4 aromatic rings. The van der Waals surface area contributed by atoms with Gasteiger partial charge in [-0.25, -0.2) is 4.98 Å². The lowest BCUT2D eigenvalue weighted by Gasteiger charge is -2.12. The molecule has 2 aromatic carbocycles. The fraction of sp³-hybridized carbons (Fsp3) is 0.0500. The van der Waals surface area contributed by atoms with E-state index in [-0.39, 0.29) is 11.0 Å². The van der Waals surface area contributed by atoms with Gasteiger partial charge in [-0.15, -0.1) is 11.3 Å². The lowest BCUT2D eigenvalue weighted by Crippen LogP contribution is -2.33. The molecule has 29 heavy (non-hydrogen) atoms. The second-order valence-electron chi connectivity index (χ2n) is 6.17. The number of hydrogen-bond donors (Lipinski definition) is 2. The number of amides is 1. The van der Waals surface area contributed by atoms with Crippen molar-refractivity contribution < 1.29 is 9.21 Å². The summed E-state index contributed by atoms with van der Waals surface area (Å²) in [5, 5.41) is 8.65. The highest BCUT2D eigenvalue weighted by Crippen LogP contribution is 2.33. The number of carbonyl (C=O) groups is 1. The highest BCUT2D eigenvalue weighted by atomic mass is 35.5. The number of benzene rings is 2. The van der Waals surface area contributed by atoms with Gasteiger partial charge in [0, 0.05) is 16.3 Å². The van der Waals surface area contributed by atoms with Crippen molar-refractivity contribution in [3.8, 4) is 11.5 Å². The zero-order valence-corrected chi connectivity index (χ0v) is 18.1. The van der Waals surface area contributed by atoms with E-state index >= 15 is 0 Å². The minimum atomic E-state index is -0.253. The topological polar surface area (TPSA) is 67.2 Å². The van der Waals surface area contributed by atoms with Crippen LogP contribution in [0.25, 0.3) is 22.6 Å². The Bertz CT molecular complexity index is 1240. The molecule has 146 valence electrons. The lowest BCUT2D eigenvalue weighted by molar-refractivity contribution is 0.0981. The largest absolute Gasteiger partial charge is 0.435 e. The fourth-order valence-electron chi connectivity index (χ4n) is 2.70. The van der Waals surface area contributed by atoms with E-state index in [0.717, 1.165) is 16.8 Å². The number of aryl methyl sites for hydroxylation is 1. The number of anilines is 1. The standard InChI is InChI=1S/C20H13Cl2N3O2S2/c1-10-4-5-11(19-23-15-9-12(21)8-13(22)17(15)27-19)7-14(10)24-20(28)25-18(26)16-3-2-6-29-16/h2-9H,1H3,(H2,24,25,26,28). The lowest BCUT2D eigenvalue weighted by atomic mass is 10.1. The van der Waals surface area contributed by atoms with E-state index in [1.807, 2.05) is 36.6 Å². The Morgan fingerprint density at radius 2 is 2.03 bits per heavy atom. The molecule has 0 aliphatic carbocycles. The number of thiocarbonyl (C=S) groups is 1. The SMILES string of the molecule is Cc1ccc(-c2nc3cc(Cl)cc(Cl)c3o2)cc1NC(=S)NC(=O)c1cccs1. The zero-order chi connectivity index (χ0) is 20.5. The van der Waals surface area contributed by atoms with Crippen molar-refractivity contribution in [1.82, 2.24) is 10.3 Å². The van der Waals surface area contributed by atoms with Gasteiger partial charge in [-0.2, -0.15) is 0 Å². The number of aromatic nitrogens is 1. The average Bonchev–Trinajstić information content (AvgIpc) is 3.33. The number of fused-ring (bicyclic) bond motifs is 1. The normalized spacial score (nSPS) is 10.9. The van der Waals surface area contributed by atoms with Gasteiger partial charge in [0.2, 0.25) is 5.89 Å². The van der Waals surface area contributed by atoms with Crippen LogP contribution in [0.1, 0.15) is 15.2 Å². The Hall–Kier alpha value is -2.45. The Morgan fingerprint density at radius 3 is 2.79 bits per heavy atom. The van der Waals surface area contributed by atoms with E-state index in [2.05, 4.69) is 15.6 Å². The number of hydrogen-bond acceptors (Lipinski definition) is 5. The summed E-state index contributed by atoms with van der Waals surface area (Å²) in [7, 11) is 0. The third-order valence-corrected chi connectivity index (χ3v) is 5.69. The molecule has 0 saturated heterocycles. The highest BCUT2D eigenvalue weighted by molar-refractivity contribution is 7.80. The van der Waals surface area contributed by atoms with Crippen molar-refractivity contribution in [3.05, 3.63) is 68.3 Å². The number of thiophene rings is 1. The van der Waals surface area contributed by atoms with E-state index in [4.69, 9.17) is 39.8 Å². The van der Waals surface area contributed by atoms with Crippen LogP contribution in [-0.4, -0.2) is 16.0 Å². The van der Waals surface area contributed by atoms with Gasteiger partial charge >= 0.3 is 0 Å². The molecular formula is C20H13Cl2N3O2S2. The first-order valence-electron chi connectivity index (χ1n) is 8.43. The molecule has 0 radical (unpaired) electrons. The van der Waals surface area contributed by atoms with Crippen LogP contribution in [0, 0.1) is 6.92 Å². The molecule has 2 N–H and O–H groups in total. The molecule has 0 saturated carbocycles. The van der Waals surface area contributed by atoms with Gasteiger partial charge in [-0.05, 0) is 60.4 Å².